The molecule has 0 saturated carbocycles. The number of fused-ring (bicyclic) bond motifs is 1. The second-order valence-electron chi connectivity index (χ2n) is 10.3. The number of nitrogens with zero attached hydrogens (tertiary/aromatic N) is 1. The Labute approximate surface area is 233 Å². The van der Waals surface area contributed by atoms with E-state index in [0.717, 1.165) is 31.5 Å². The van der Waals surface area contributed by atoms with Crippen LogP contribution in [-0.4, -0.2) is 102 Å². The average Bonchev–Trinajstić information content (AvgIpc) is 2.82. The highest BCUT2D eigenvalue weighted by Crippen LogP contribution is 2.40. The van der Waals surface area contributed by atoms with Crippen LogP contribution in [0.4, 0.5) is 5.69 Å². The van der Waals surface area contributed by atoms with E-state index in [1.807, 2.05) is 26.2 Å². The molecule has 1 fully saturated rings. The number of rotatable bonds is 11. The summed E-state index contributed by atoms with van der Waals surface area (Å²) in [6.07, 6.45) is 2.96. The number of likely N-dealkylation sites (tertiary alicyclic amines) is 1. The van der Waals surface area contributed by atoms with Gasteiger partial charge in [-0.2, -0.15) is 0 Å². The molecule has 3 atom stereocenters. The van der Waals surface area contributed by atoms with Gasteiger partial charge in [-0.05, 0) is 89.8 Å². The van der Waals surface area contributed by atoms with Crippen LogP contribution in [0.2, 0.25) is 0 Å². The molecule has 1 aromatic rings. The number of Topliss-reactive ketones (excluding diaryl/α,β-unsaturated/α-hetero) is 2. The number of nitrogens with one attached hydrogen (secondary N) is 2. The SMILES string of the molecule is CN1CCC(Nc2ccc3c(c2O)C(=O)CC(CC(CCO)C(CO)C(=O)CC(N)=O)C3)CC1.CNC.O.O.[HH].[HH]. The number of anilines is 1. The number of hydrogen-bond donors (Lipinski definition) is 6. The maximum atomic E-state index is 13.0. The number of primary amides is 1. The molecule has 39 heavy (non-hydrogen) atoms. The van der Waals surface area contributed by atoms with Crippen LogP contribution in [0.15, 0.2) is 12.1 Å². The van der Waals surface area contributed by atoms with Crippen molar-refractivity contribution in [1.82, 2.24) is 10.2 Å². The maximum Gasteiger partial charge on any atom is 0.224 e. The highest BCUT2D eigenvalue weighted by atomic mass is 16.3. The van der Waals surface area contributed by atoms with Gasteiger partial charge in [0.05, 0.1) is 24.3 Å². The van der Waals surface area contributed by atoms with Gasteiger partial charge < -0.3 is 47.5 Å². The van der Waals surface area contributed by atoms with E-state index in [1.165, 1.54) is 0 Å². The van der Waals surface area contributed by atoms with Crippen LogP contribution in [0.25, 0.3) is 0 Å². The monoisotopic (exact) mass is 560 g/mol. The number of phenols is 1. The predicted molar refractivity (Wildman–Crippen MR) is 154 cm³/mol. The Morgan fingerprint density at radius 1 is 1.15 bits per heavy atom. The van der Waals surface area contributed by atoms with Crippen molar-refractivity contribution in [3.8, 4) is 5.75 Å². The lowest BCUT2D eigenvalue weighted by molar-refractivity contribution is -0.131. The molecule has 2 aliphatic rings. The van der Waals surface area contributed by atoms with E-state index in [1.54, 1.807) is 0 Å². The summed E-state index contributed by atoms with van der Waals surface area (Å²) in [4.78, 5) is 38.9. The second kappa shape index (κ2) is 17.9. The lowest BCUT2D eigenvalue weighted by Gasteiger charge is -2.32. The van der Waals surface area contributed by atoms with Crippen LogP contribution in [0, 0.1) is 17.8 Å². The number of carbonyl (C=O) groups excluding carboxylic acids is 3. The van der Waals surface area contributed by atoms with E-state index in [2.05, 4.69) is 22.6 Å². The molecule has 1 aliphatic carbocycles. The Balaban J connectivity index is -0.00000197. The normalized spacial score (nSPS) is 18.8. The minimum atomic E-state index is -0.814. The van der Waals surface area contributed by atoms with Crippen molar-refractivity contribution in [3.05, 3.63) is 23.3 Å². The van der Waals surface area contributed by atoms with Gasteiger partial charge in [-0.25, -0.2) is 0 Å². The Hall–Kier alpha value is -2.61. The molecule has 0 radical (unpaired) electrons. The fraction of sp³-hybridized carbons (Fsp3) is 0.667. The number of aliphatic hydroxyl groups is 2. The number of carbonyl (C=O) groups is 3. The molecule has 1 aromatic carbocycles. The molecule has 0 aromatic heterocycles. The van der Waals surface area contributed by atoms with E-state index < -0.39 is 30.6 Å². The fourth-order valence-electron chi connectivity index (χ4n) is 5.41. The molecule has 1 amide bonds. The minimum absolute atomic E-state index is 0. The number of aliphatic hydroxyl groups excluding tert-OH is 2. The first kappa shape index (κ1) is 36.4. The third kappa shape index (κ3) is 10.5. The van der Waals surface area contributed by atoms with Gasteiger partial charge >= 0.3 is 0 Å². The van der Waals surface area contributed by atoms with Crippen LogP contribution in [0.1, 0.15) is 57.3 Å². The molecule has 1 aliphatic heterocycles. The van der Waals surface area contributed by atoms with Crippen LogP contribution in [0.5, 0.6) is 5.75 Å². The van der Waals surface area contributed by atoms with Crippen molar-refractivity contribution >= 4 is 23.2 Å². The molecule has 0 spiro atoms. The molecule has 11 N–H and O–H groups in total. The van der Waals surface area contributed by atoms with Gasteiger partial charge in [0, 0.05) is 27.8 Å². The zero-order chi connectivity index (χ0) is 27.5. The number of piperidine rings is 1. The minimum Gasteiger partial charge on any atom is -0.505 e. The Morgan fingerprint density at radius 2 is 1.77 bits per heavy atom. The van der Waals surface area contributed by atoms with E-state index in [9.17, 15) is 29.7 Å². The largest absolute Gasteiger partial charge is 0.505 e. The first-order valence-corrected chi connectivity index (χ1v) is 13.1. The van der Waals surface area contributed by atoms with Crippen molar-refractivity contribution in [2.45, 2.75) is 51.0 Å². The Bertz CT molecular complexity index is 933. The lowest BCUT2D eigenvalue weighted by atomic mass is 9.73. The summed E-state index contributed by atoms with van der Waals surface area (Å²) < 4.78 is 0. The number of aromatic hydroxyl groups is 1. The predicted octanol–water partition coefficient (Wildman–Crippen LogP) is -0.237. The quantitative estimate of drug-likeness (QED) is 0.155. The third-order valence-electron chi connectivity index (χ3n) is 7.27. The van der Waals surface area contributed by atoms with E-state index in [-0.39, 0.29) is 62.7 Å². The fourth-order valence-corrected chi connectivity index (χ4v) is 5.41. The summed E-state index contributed by atoms with van der Waals surface area (Å²) in [5, 5.41) is 36.3. The Kier molecular flexibility index (Phi) is 16.7. The topological polar surface area (TPSA) is 228 Å². The van der Waals surface area contributed by atoms with Crippen molar-refractivity contribution in [1.29, 1.82) is 0 Å². The standard InChI is InChI=1S/C25H37N3O6.C2H7N.2H2O.2H2/c1-28-7-4-18(5-8-28)27-20-3-2-17-11-15(12-22(32)24(17)25(20)34)10-16(6-9-29)19(14-30)21(31)13-23(26)33;1-3-2;;;;/h2-3,15-16,18-19,27,29-30,34H,4-14H2,1H3,(H2,26,33);3H,1-2H3;2*1H2;2*1H. The second-order valence-corrected chi connectivity index (χ2v) is 10.3. The van der Waals surface area contributed by atoms with Crippen LogP contribution < -0.4 is 16.4 Å². The van der Waals surface area contributed by atoms with Gasteiger partial charge in [0.2, 0.25) is 5.91 Å². The van der Waals surface area contributed by atoms with E-state index in [4.69, 9.17) is 5.73 Å². The van der Waals surface area contributed by atoms with Crippen molar-refractivity contribution in [3.63, 3.8) is 0 Å². The molecular formula is C27H52N4O8. The summed E-state index contributed by atoms with van der Waals surface area (Å²) in [5.74, 6) is -2.64. The molecule has 3 rings (SSSR count). The van der Waals surface area contributed by atoms with E-state index in [0.29, 0.717) is 24.1 Å². The van der Waals surface area contributed by atoms with Crippen molar-refractivity contribution < 1.29 is 43.5 Å². The van der Waals surface area contributed by atoms with Gasteiger partial charge in [0.15, 0.2) is 5.78 Å². The first-order chi connectivity index (χ1) is 17.6. The van der Waals surface area contributed by atoms with Crippen molar-refractivity contribution in [2.24, 2.45) is 23.5 Å². The van der Waals surface area contributed by atoms with Crippen molar-refractivity contribution in [2.75, 3.05) is 52.8 Å². The number of benzene rings is 1. The number of nitrogens with two attached hydrogens (primary N) is 1. The summed E-state index contributed by atoms with van der Waals surface area (Å²) in [5.41, 5.74) is 6.84. The highest BCUT2D eigenvalue weighted by molar-refractivity contribution is 6.03. The van der Waals surface area contributed by atoms with Gasteiger partial charge in [0.25, 0.3) is 0 Å². The molecule has 1 saturated heterocycles. The Morgan fingerprint density at radius 3 is 2.31 bits per heavy atom. The van der Waals surface area contributed by atoms with Crippen LogP contribution in [0.3, 0.4) is 0 Å². The molecular weight excluding hydrogens is 508 g/mol. The zero-order valence-electron chi connectivity index (χ0n) is 23.3. The van der Waals surface area contributed by atoms with Gasteiger partial charge in [-0.1, -0.05) is 6.07 Å². The van der Waals surface area contributed by atoms with Gasteiger partial charge in [-0.3, -0.25) is 14.4 Å². The summed E-state index contributed by atoms with van der Waals surface area (Å²) in [7, 11) is 5.84. The maximum absolute atomic E-state index is 13.0. The molecule has 12 nitrogen and oxygen atoms in total. The number of amides is 1. The number of ketones is 2. The number of phenolic OH excluding ortho intramolecular Hbond substituents is 1. The molecule has 228 valence electrons. The molecule has 0 bridgehead atoms. The summed E-state index contributed by atoms with van der Waals surface area (Å²) in [6.45, 7) is 1.35. The lowest BCUT2D eigenvalue weighted by Crippen LogP contribution is -2.36. The number of hydrogen-bond acceptors (Lipinski definition) is 9. The molecule has 3 unspecified atom stereocenters. The zero-order valence-corrected chi connectivity index (χ0v) is 23.3. The summed E-state index contributed by atoms with van der Waals surface area (Å²) >= 11 is 0. The molecule has 12 heteroatoms. The van der Waals surface area contributed by atoms with E-state index >= 15 is 0 Å². The first-order valence-electron chi connectivity index (χ1n) is 13.1. The average molecular weight is 561 g/mol. The van der Waals surface area contributed by atoms with Gasteiger partial charge in [0.1, 0.15) is 11.5 Å². The third-order valence-corrected chi connectivity index (χ3v) is 7.27. The van der Waals surface area contributed by atoms with Crippen LogP contribution in [-0.2, 0) is 16.0 Å². The molecule has 1 heterocycles. The highest BCUT2D eigenvalue weighted by Gasteiger charge is 2.34. The van der Waals surface area contributed by atoms with Gasteiger partial charge in [-0.15, -0.1) is 0 Å². The smallest absolute Gasteiger partial charge is 0.224 e. The summed E-state index contributed by atoms with van der Waals surface area (Å²) in [6, 6.07) is 3.94. The van der Waals surface area contributed by atoms with Crippen LogP contribution >= 0.6 is 0 Å².